The van der Waals surface area contributed by atoms with E-state index in [1.165, 1.54) is 11.5 Å². The molecule has 5 aromatic rings. The van der Waals surface area contributed by atoms with Crippen molar-refractivity contribution in [2.24, 2.45) is 7.05 Å². The molecule has 41 heavy (non-hydrogen) atoms. The zero-order valence-corrected chi connectivity index (χ0v) is 23.9. The maximum Gasteiger partial charge on any atom is 0.274 e. The quantitative estimate of drug-likeness (QED) is 0.286. The number of carbonyl (C=O) groups excluding carboxylic acids is 1. The Morgan fingerprint density at radius 1 is 0.951 bits per heavy atom. The summed E-state index contributed by atoms with van der Waals surface area (Å²) in [7, 11) is -2.03. The van der Waals surface area contributed by atoms with Gasteiger partial charge in [-0.15, -0.1) is 0 Å². The zero-order valence-electron chi connectivity index (χ0n) is 23.1. The summed E-state index contributed by atoms with van der Waals surface area (Å²) >= 11 is 0. The first-order chi connectivity index (χ1) is 19.5. The van der Waals surface area contributed by atoms with Crippen molar-refractivity contribution in [1.29, 1.82) is 0 Å². The van der Waals surface area contributed by atoms with E-state index in [-0.39, 0.29) is 22.9 Å². The predicted octanol–water partition coefficient (Wildman–Crippen LogP) is 4.33. The Morgan fingerprint density at radius 2 is 1.59 bits per heavy atom. The Hall–Kier alpha value is -4.77. The number of sulfonamides is 1. The summed E-state index contributed by atoms with van der Waals surface area (Å²) in [5.41, 5.74) is 2.72. The van der Waals surface area contributed by atoms with Crippen molar-refractivity contribution in [2.45, 2.75) is 26.3 Å². The molecule has 0 unspecified atom stereocenters. The number of carbonyl (C=O) groups is 1. The standard InChI is InChI=1S/C30H30N6O4S/c1-5-41(39,40)34-24-16-21(22-17-25(33-20(2)37)29(38)35(4)19-22)18-26-23(24)12-15-36(26)30(3,27-10-6-8-13-31-27)28-11-7-9-14-32-28/h6-19,34H,5H2,1-4H3,(H,33,37). The minimum Gasteiger partial charge on any atom is -0.330 e. The highest BCUT2D eigenvalue weighted by molar-refractivity contribution is 7.92. The molecule has 0 atom stereocenters. The molecule has 1 aromatic carbocycles. The SMILES string of the molecule is CCS(=O)(=O)Nc1cc(-c2cc(NC(C)=O)c(=O)n(C)c2)cc2c1ccn2C(C)(c1ccccn1)c1ccccn1. The summed E-state index contributed by atoms with van der Waals surface area (Å²) in [6, 6.07) is 18.5. The molecule has 4 heterocycles. The van der Waals surface area contributed by atoms with Gasteiger partial charge in [-0.3, -0.25) is 24.3 Å². The van der Waals surface area contributed by atoms with E-state index in [0.717, 1.165) is 11.4 Å². The van der Waals surface area contributed by atoms with Crippen LogP contribution < -0.4 is 15.6 Å². The van der Waals surface area contributed by atoms with Crippen molar-refractivity contribution >= 4 is 38.2 Å². The second-order valence-corrected chi connectivity index (χ2v) is 11.9. The Bertz CT molecular complexity index is 1880. The fourth-order valence-electron chi connectivity index (χ4n) is 4.95. The molecule has 0 bridgehead atoms. The van der Waals surface area contributed by atoms with Crippen LogP contribution in [0.5, 0.6) is 0 Å². The smallest absolute Gasteiger partial charge is 0.274 e. The van der Waals surface area contributed by atoms with Gasteiger partial charge < -0.3 is 14.5 Å². The van der Waals surface area contributed by atoms with Crippen LogP contribution in [0.3, 0.4) is 0 Å². The van der Waals surface area contributed by atoms with Crippen LogP contribution in [-0.2, 0) is 27.4 Å². The van der Waals surface area contributed by atoms with Gasteiger partial charge in [0.15, 0.2) is 0 Å². The van der Waals surface area contributed by atoms with Crippen molar-refractivity contribution in [3.05, 3.63) is 107 Å². The number of nitrogens with zero attached hydrogens (tertiary/aromatic N) is 4. The Labute approximate surface area is 237 Å². The monoisotopic (exact) mass is 570 g/mol. The van der Waals surface area contributed by atoms with E-state index in [9.17, 15) is 18.0 Å². The fourth-order valence-corrected chi connectivity index (χ4v) is 5.60. The Kier molecular flexibility index (Phi) is 7.22. The fraction of sp³-hybridized carbons (Fsp3) is 0.200. The van der Waals surface area contributed by atoms with Gasteiger partial charge in [-0.25, -0.2) is 8.42 Å². The van der Waals surface area contributed by atoms with Crippen LogP contribution in [0.15, 0.2) is 90.2 Å². The molecule has 0 saturated heterocycles. The number of pyridine rings is 3. The second-order valence-electron chi connectivity index (χ2n) is 9.89. The van der Waals surface area contributed by atoms with Crippen LogP contribution in [0, 0.1) is 0 Å². The summed E-state index contributed by atoms with van der Waals surface area (Å²) in [6.07, 6.45) is 6.99. The highest BCUT2D eigenvalue weighted by Crippen LogP contribution is 2.39. The maximum atomic E-state index is 12.8. The van der Waals surface area contributed by atoms with Gasteiger partial charge in [0.1, 0.15) is 11.2 Å². The number of anilines is 2. The van der Waals surface area contributed by atoms with Crippen LogP contribution in [0.4, 0.5) is 11.4 Å². The molecule has 0 saturated carbocycles. The molecule has 1 amide bonds. The molecular weight excluding hydrogens is 540 g/mol. The Morgan fingerprint density at radius 3 is 2.15 bits per heavy atom. The summed E-state index contributed by atoms with van der Waals surface area (Å²) in [4.78, 5) is 33.8. The minimum absolute atomic E-state index is 0.106. The molecule has 0 aliphatic carbocycles. The number of aromatic nitrogens is 4. The topological polar surface area (TPSA) is 128 Å². The third kappa shape index (κ3) is 5.23. The number of aryl methyl sites for hydroxylation is 1. The average molecular weight is 571 g/mol. The largest absolute Gasteiger partial charge is 0.330 e. The normalized spacial score (nSPS) is 11.9. The first-order valence-electron chi connectivity index (χ1n) is 13.0. The van der Waals surface area contributed by atoms with Crippen molar-refractivity contribution in [3.63, 3.8) is 0 Å². The molecule has 5 rings (SSSR count). The molecule has 0 spiro atoms. The molecule has 4 aromatic heterocycles. The number of benzene rings is 1. The van der Waals surface area contributed by atoms with Gasteiger partial charge in [-0.1, -0.05) is 12.1 Å². The van der Waals surface area contributed by atoms with Gasteiger partial charge in [-0.05, 0) is 67.9 Å². The zero-order chi connectivity index (χ0) is 29.4. The molecule has 11 heteroatoms. The Balaban J connectivity index is 1.83. The molecule has 210 valence electrons. The van der Waals surface area contributed by atoms with Gasteiger partial charge in [-0.2, -0.15) is 0 Å². The lowest BCUT2D eigenvalue weighted by atomic mass is 9.91. The maximum absolute atomic E-state index is 12.8. The van der Waals surface area contributed by atoms with Crippen LogP contribution in [0.25, 0.3) is 22.0 Å². The summed E-state index contributed by atoms with van der Waals surface area (Å²) in [5.74, 6) is -0.479. The van der Waals surface area contributed by atoms with E-state index >= 15 is 0 Å². The van der Waals surface area contributed by atoms with Crippen LogP contribution in [-0.4, -0.2) is 39.2 Å². The molecule has 10 nitrogen and oxygen atoms in total. The average Bonchev–Trinajstić information content (AvgIpc) is 3.40. The first kappa shape index (κ1) is 27.8. The summed E-state index contributed by atoms with van der Waals surface area (Å²) < 4.78 is 31.6. The molecule has 2 N–H and O–H groups in total. The van der Waals surface area contributed by atoms with Gasteiger partial charge >= 0.3 is 0 Å². The number of rotatable bonds is 8. The van der Waals surface area contributed by atoms with Gasteiger partial charge in [0.05, 0.1) is 28.3 Å². The van der Waals surface area contributed by atoms with E-state index in [4.69, 9.17) is 0 Å². The van der Waals surface area contributed by atoms with E-state index in [0.29, 0.717) is 27.7 Å². The van der Waals surface area contributed by atoms with E-state index in [2.05, 4.69) is 20.0 Å². The van der Waals surface area contributed by atoms with Crippen LogP contribution >= 0.6 is 0 Å². The number of amides is 1. The number of fused-ring (bicyclic) bond motifs is 1. The summed E-state index contributed by atoms with van der Waals surface area (Å²) in [5, 5.41) is 3.27. The highest BCUT2D eigenvalue weighted by atomic mass is 32.2. The van der Waals surface area contributed by atoms with E-state index < -0.39 is 15.6 Å². The lowest BCUT2D eigenvalue weighted by molar-refractivity contribution is -0.114. The number of hydrogen-bond donors (Lipinski definition) is 2. The summed E-state index contributed by atoms with van der Waals surface area (Å²) in [6.45, 7) is 4.92. The lowest BCUT2D eigenvalue weighted by Crippen LogP contribution is -2.34. The highest BCUT2D eigenvalue weighted by Gasteiger charge is 2.35. The lowest BCUT2D eigenvalue weighted by Gasteiger charge is -2.32. The molecule has 0 radical (unpaired) electrons. The molecule has 0 aliphatic heterocycles. The third-order valence-corrected chi connectivity index (χ3v) is 8.38. The third-order valence-electron chi connectivity index (χ3n) is 7.09. The molecule has 0 fully saturated rings. The molecular formula is C30H30N6O4S. The first-order valence-corrected chi connectivity index (χ1v) is 14.7. The van der Waals surface area contributed by atoms with Crippen LogP contribution in [0.1, 0.15) is 32.2 Å². The minimum atomic E-state index is -3.63. The van der Waals surface area contributed by atoms with Crippen molar-refractivity contribution in [3.8, 4) is 11.1 Å². The van der Waals surface area contributed by atoms with Gasteiger partial charge in [0.25, 0.3) is 5.56 Å². The van der Waals surface area contributed by atoms with Gasteiger partial charge in [0.2, 0.25) is 15.9 Å². The second kappa shape index (κ2) is 10.7. The van der Waals surface area contributed by atoms with Gasteiger partial charge in [0, 0.05) is 49.7 Å². The van der Waals surface area contributed by atoms with Crippen LogP contribution in [0.2, 0.25) is 0 Å². The number of hydrogen-bond acceptors (Lipinski definition) is 6. The van der Waals surface area contributed by atoms with Crippen molar-refractivity contribution in [1.82, 2.24) is 19.1 Å². The molecule has 0 aliphatic rings. The van der Waals surface area contributed by atoms with E-state index in [1.54, 1.807) is 44.7 Å². The van der Waals surface area contributed by atoms with Crippen molar-refractivity contribution in [2.75, 3.05) is 15.8 Å². The van der Waals surface area contributed by atoms with Crippen molar-refractivity contribution < 1.29 is 13.2 Å². The predicted molar refractivity (Wildman–Crippen MR) is 160 cm³/mol. The van der Waals surface area contributed by atoms with E-state index in [1.807, 2.05) is 66.2 Å². The number of nitrogens with one attached hydrogen (secondary N) is 2.